The number of rotatable bonds is 19. The first-order valence-electron chi connectivity index (χ1n) is 11.1. The zero-order valence-electron chi connectivity index (χ0n) is 16.8. The molecule has 0 aliphatic rings. The van der Waals surface area contributed by atoms with Gasteiger partial charge in [0.1, 0.15) is 0 Å². The summed E-state index contributed by atoms with van der Waals surface area (Å²) in [5, 5.41) is 3.75. The van der Waals surface area contributed by atoms with Gasteiger partial charge in [-0.1, -0.05) is 104 Å². The van der Waals surface area contributed by atoms with Crippen LogP contribution in [-0.4, -0.2) is 13.1 Å². The normalized spacial score (nSPS) is 12.7. The zero-order valence-corrected chi connectivity index (χ0v) is 16.8. The minimum atomic E-state index is 0.934. The van der Waals surface area contributed by atoms with Crippen molar-refractivity contribution in [2.45, 2.75) is 124 Å². The third-order valence-corrected chi connectivity index (χ3v) is 5.07. The lowest BCUT2D eigenvalue weighted by Crippen LogP contribution is -2.24. The van der Waals surface area contributed by atoms with E-state index in [0.29, 0.717) is 0 Å². The molecule has 0 radical (unpaired) electrons. The molecule has 0 rings (SSSR count). The Bertz CT molecular complexity index is 186. The highest BCUT2D eigenvalue weighted by atomic mass is 14.8. The summed E-state index contributed by atoms with van der Waals surface area (Å²) in [6, 6.07) is 0. The van der Waals surface area contributed by atoms with Crippen molar-refractivity contribution >= 4 is 0 Å². The van der Waals surface area contributed by atoms with Gasteiger partial charge in [0.05, 0.1) is 0 Å². The molecule has 0 saturated heterocycles. The smallest absolute Gasteiger partial charge is 0.00205 e. The summed E-state index contributed by atoms with van der Waals surface area (Å²) in [4.78, 5) is 0. The van der Waals surface area contributed by atoms with Gasteiger partial charge in [0.15, 0.2) is 0 Å². The van der Waals surface area contributed by atoms with Crippen LogP contribution in [0.4, 0.5) is 0 Å². The van der Waals surface area contributed by atoms with E-state index in [1.54, 1.807) is 0 Å². The van der Waals surface area contributed by atoms with Crippen LogP contribution in [0.5, 0.6) is 0 Å². The topological polar surface area (TPSA) is 12.0 Å². The van der Waals surface area contributed by atoms with Crippen molar-refractivity contribution in [1.29, 1.82) is 0 Å². The van der Waals surface area contributed by atoms with Crippen molar-refractivity contribution in [3.8, 4) is 0 Å². The molecule has 0 aromatic heterocycles. The van der Waals surface area contributed by atoms with E-state index in [2.05, 4.69) is 26.1 Å². The van der Waals surface area contributed by atoms with Gasteiger partial charge < -0.3 is 5.32 Å². The third-order valence-electron chi connectivity index (χ3n) is 5.07. The van der Waals surface area contributed by atoms with Gasteiger partial charge in [-0.25, -0.2) is 0 Å². The van der Waals surface area contributed by atoms with Crippen LogP contribution < -0.4 is 5.32 Å². The van der Waals surface area contributed by atoms with E-state index >= 15 is 0 Å². The summed E-state index contributed by atoms with van der Waals surface area (Å²) >= 11 is 0. The lowest BCUT2D eigenvalue weighted by Gasteiger charge is -2.18. The molecule has 0 spiro atoms. The Morgan fingerprint density at radius 2 is 0.957 bits per heavy atom. The van der Waals surface area contributed by atoms with Gasteiger partial charge in [-0.05, 0) is 38.3 Å². The van der Waals surface area contributed by atoms with Crippen molar-refractivity contribution < 1.29 is 0 Å². The predicted molar refractivity (Wildman–Crippen MR) is 107 cm³/mol. The maximum atomic E-state index is 3.75. The molecule has 1 heteroatoms. The van der Waals surface area contributed by atoms with Crippen LogP contribution in [0.2, 0.25) is 0 Å². The molecule has 0 aliphatic carbocycles. The Morgan fingerprint density at radius 3 is 1.52 bits per heavy atom. The molecule has 1 atom stereocenters. The Labute approximate surface area is 148 Å². The Hall–Kier alpha value is -0.0400. The molecule has 0 amide bonds. The first kappa shape index (κ1) is 23.0. The van der Waals surface area contributed by atoms with Crippen LogP contribution in [0.3, 0.4) is 0 Å². The van der Waals surface area contributed by atoms with Gasteiger partial charge in [0.25, 0.3) is 0 Å². The van der Waals surface area contributed by atoms with Gasteiger partial charge in [0, 0.05) is 0 Å². The van der Waals surface area contributed by atoms with Crippen LogP contribution in [0.15, 0.2) is 0 Å². The third kappa shape index (κ3) is 18.1. The summed E-state index contributed by atoms with van der Waals surface area (Å²) in [6.45, 7) is 9.42. The molecule has 1 nitrogen and oxygen atoms in total. The van der Waals surface area contributed by atoms with E-state index in [1.807, 2.05) is 0 Å². The van der Waals surface area contributed by atoms with Crippen molar-refractivity contribution in [1.82, 2.24) is 5.32 Å². The lowest BCUT2D eigenvalue weighted by atomic mass is 9.94. The van der Waals surface area contributed by atoms with Crippen LogP contribution in [0, 0.1) is 5.92 Å². The minimum absolute atomic E-state index is 0.934. The molecular formula is C22H47N. The molecule has 23 heavy (non-hydrogen) atoms. The van der Waals surface area contributed by atoms with E-state index in [9.17, 15) is 0 Å². The predicted octanol–water partition coefficient (Wildman–Crippen LogP) is 7.49. The summed E-state index contributed by atoms with van der Waals surface area (Å²) in [6.07, 6.45) is 22.7. The van der Waals surface area contributed by atoms with Gasteiger partial charge in [0.2, 0.25) is 0 Å². The second-order valence-corrected chi connectivity index (χ2v) is 7.54. The fourth-order valence-electron chi connectivity index (χ4n) is 3.40. The molecule has 140 valence electrons. The fourth-order valence-corrected chi connectivity index (χ4v) is 3.40. The number of nitrogens with one attached hydrogen (secondary N) is 1. The van der Waals surface area contributed by atoms with Crippen molar-refractivity contribution in [2.75, 3.05) is 13.1 Å². The summed E-state index contributed by atoms with van der Waals surface area (Å²) in [7, 11) is 0. The molecule has 1 N–H and O–H groups in total. The summed E-state index contributed by atoms with van der Waals surface area (Å²) in [5.41, 5.74) is 0. The Balaban J connectivity index is 3.70. The average molecular weight is 326 g/mol. The largest absolute Gasteiger partial charge is 0.316 e. The molecule has 0 aromatic rings. The molecule has 0 aromatic carbocycles. The lowest BCUT2D eigenvalue weighted by molar-refractivity contribution is 0.381. The van der Waals surface area contributed by atoms with Gasteiger partial charge in [-0.3, -0.25) is 0 Å². The number of unbranched alkanes of at least 4 members (excludes halogenated alkanes) is 11. The van der Waals surface area contributed by atoms with Gasteiger partial charge in [-0.2, -0.15) is 0 Å². The van der Waals surface area contributed by atoms with Crippen LogP contribution in [0.25, 0.3) is 0 Å². The second-order valence-electron chi connectivity index (χ2n) is 7.54. The van der Waals surface area contributed by atoms with E-state index in [-0.39, 0.29) is 0 Å². The average Bonchev–Trinajstić information content (AvgIpc) is 2.57. The van der Waals surface area contributed by atoms with Crippen LogP contribution >= 0.6 is 0 Å². The zero-order chi connectivity index (χ0) is 17.0. The van der Waals surface area contributed by atoms with Gasteiger partial charge in [-0.15, -0.1) is 0 Å². The summed E-state index contributed by atoms with van der Waals surface area (Å²) < 4.78 is 0. The Morgan fingerprint density at radius 1 is 0.522 bits per heavy atom. The fraction of sp³-hybridized carbons (Fsp3) is 1.00. The van der Waals surface area contributed by atoms with Crippen molar-refractivity contribution in [3.05, 3.63) is 0 Å². The molecule has 0 heterocycles. The molecule has 1 unspecified atom stereocenters. The molecule has 0 bridgehead atoms. The van der Waals surface area contributed by atoms with Crippen LogP contribution in [-0.2, 0) is 0 Å². The molecule has 0 saturated carbocycles. The quantitative estimate of drug-likeness (QED) is 0.242. The monoisotopic (exact) mass is 325 g/mol. The second kappa shape index (κ2) is 20.0. The highest BCUT2D eigenvalue weighted by Crippen LogP contribution is 2.18. The van der Waals surface area contributed by atoms with Crippen LogP contribution in [0.1, 0.15) is 124 Å². The summed E-state index contributed by atoms with van der Waals surface area (Å²) in [5.74, 6) is 0.934. The number of hydrogen-bond donors (Lipinski definition) is 1. The maximum absolute atomic E-state index is 3.75. The minimum Gasteiger partial charge on any atom is -0.316 e. The molecule has 0 aliphatic heterocycles. The molecule has 0 fully saturated rings. The first-order valence-corrected chi connectivity index (χ1v) is 11.1. The number of hydrogen-bond acceptors (Lipinski definition) is 1. The van der Waals surface area contributed by atoms with Crippen molar-refractivity contribution in [2.24, 2.45) is 5.92 Å². The highest BCUT2D eigenvalue weighted by molar-refractivity contribution is 4.64. The van der Waals surface area contributed by atoms with E-state index < -0.39 is 0 Å². The SMILES string of the molecule is CCCCCCCCC(CCCCCC)CNCCCCCC. The van der Waals surface area contributed by atoms with E-state index in [0.717, 1.165) is 5.92 Å². The first-order chi connectivity index (χ1) is 11.3. The maximum Gasteiger partial charge on any atom is -0.00205 e. The highest BCUT2D eigenvalue weighted by Gasteiger charge is 2.08. The van der Waals surface area contributed by atoms with E-state index in [4.69, 9.17) is 0 Å². The standard InChI is InChI=1S/C22H47N/c1-4-7-10-13-14-16-19-22(18-15-11-8-5-2)21-23-20-17-12-9-6-3/h22-23H,4-21H2,1-3H3. The van der Waals surface area contributed by atoms with Crippen molar-refractivity contribution in [3.63, 3.8) is 0 Å². The van der Waals surface area contributed by atoms with Gasteiger partial charge >= 0.3 is 0 Å². The Kier molecular flexibility index (Phi) is 20.0. The molecular weight excluding hydrogens is 278 g/mol. The van der Waals surface area contributed by atoms with E-state index in [1.165, 1.54) is 116 Å².